The largest absolute Gasteiger partial charge is 0.378 e. The lowest BCUT2D eigenvalue weighted by Crippen LogP contribution is -2.19. The summed E-state index contributed by atoms with van der Waals surface area (Å²) in [5, 5.41) is 7.73. The van der Waals surface area contributed by atoms with Crippen molar-refractivity contribution in [3.05, 3.63) is 42.2 Å². The van der Waals surface area contributed by atoms with E-state index in [-0.39, 0.29) is 0 Å². The molecule has 19 heavy (non-hydrogen) atoms. The van der Waals surface area contributed by atoms with E-state index in [0.29, 0.717) is 0 Å². The Morgan fingerprint density at radius 2 is 1.95 bits per heavy atom. The van der Waals surface area contributed by atoms with Crippen LogP contribution in [0.1, 0.15) is 18.5 Å². The summed E-state index contributed by atoms with van der Waals surface area (Å²) < 4.78 is 1.91. The maximum Gasteiger partial charge on any atom is 0.0602 e. The van der Waals surface area contributed by atoms with Crippen molar-refractivity contribution >= 4 is 11.4 Å². The van der Waals surface area contributed by atoms with Gasteiger partial charge in [0.25, 0.3) is 0 Å². The molecule has 0 saturated carbocycles. The van der Waals surface area contributed by atoms with Crippen molar-refractivity contribution in [2.24, 2.45) is 7.05 Å². The topological polar surface area (TPSA) is 33.1 Å². The van der Waals surface area contributed by atoms with Gasteiger partial charge in [-0.2, -0.15) is 5.10 Å². The smallest absolute Gasteiger partial charge is 0.0602 e. The summed E-state index contributed by atoms with van der Waals surface area (Å²) in [6.07, 6.45) is 4.44. The number of nitrogens with zero attached hydrogens (tertiary/aromatic N) is 3. The van der Waals surface area contributed by atoms with E-state index < -0.39 is 0 Å². The summed E-state index contributed by atoms with van der Waals surface area (Å²) in [4.78, 5) is 2.46. The quantitative estimate of drug-likeness (QED) is 0.913. The third-order valence-corrected chi connectivity index (χ3v) is 3.73. The van der Waals surface area contributed by atoms with Crippen LogP contribution in [0, 0.1) is 0 Å². The molecule has 1 aromatic heterocycles. The second-order valence-corrected chi connectivity index (χ2v) is 5.01. The van der Waals surface area contributed by atoms with Gasteiger partial charge in [-0.1, -0.05) is 12.1 Å². The lowest BCUT2D eigenvalue weighted by atomic mass is 10.2. The van der Waals surface area contributed by atoms with Gasteiger partial charge in [-0.05, 0) is 31.0 Å². The SMILES string of the molecule is Cn1nccc1CNc1ccccc1N1CCCC1. The van der Waals surface area contributed by atoms with Crippen molar-refractivity contribution in [2.75, 3.05) is 23.3 Å². The van der Waals surface area contributed by atoms with Crippen LogP contribution in [-0.2, 0) is 13.6 Å². The number of hydrogen-bond donors (Lipinski definition) is 1. The summed E-state index contributed by atoms with van der Waals surface area (Å²) >= 11 is 0. The van der Waals surface area contributed by atoms with Crippen molar-refractivity contribution in [3.63, 3.8) is 0 Å². The van der Waals surface area contributed by atoms with Gasteiger partial charge in [0.2, 0.25) is 0 Å². The average Bonchev–Trinajstić information content (AvgIpc) is 3.08. The Bertz CT molecular complexity index is 541. The molecule has 0 amide bonds. The Morgan fingerprint density at radius 1 is 1.16 bits per heavy atom. The molecule has 2 heterocycles. The third kappa shape index (κ3) is 2.57. The van der Waals surface area contributed by atoms with Crippen LogP contribution in [-0.4, -0.2) is 22.9 Å². The molecule has 0 atom stereocenters. The number of rotatable bonds is 4. The number of para-hydroxylation sites is 2. The number of hydrogen-bond acceptors (Lipinski definition) is 3. The first-order chi connectivity index (χ1) is 9.34. The van der Waals surface area contributed by atoms with Crippen LogP contribution in [0.4, 0.5) is 11.4 Å². The van der Waals surface area contributed by atoms with Crippen LogP contribution >= 0.6 is 0 Å². The van der Waals surface area contributed by atoms with Crippen LogP contribution in [0.2, 0.25) is 0 Å². The normalized spacial score (nSPS) is 14.9. The molecule has 1 N–H and O–H groups in total. The summed E-state index contributed by atoms with van der Waals surface area (Å²) in [6, 6.07) is 10.6. The average molecular weight is 256 g/mol. The fraction of sp³-hybridized carbons (Fsp3) is 0.400. The Morgan fingerprint density at radius 3 is 2.68 bits per heavy atom. The molecule has 1 aromatic carbocycles. The van der Waals surface area contributed by atoms with Gasteiger partial charge < -0.3 is 10.2 Å². The van der Waals surface area contributed by atoms with Gasteiger partial charge in [-0.15, -0.1) is 0 Å². The van der Waals surface area contributed by atoms with Gasteiger partial charge in [0.05, 0.1) is 23.6 Å². The Labute approximate surface area is 114 Å². The molecule has 4 heteroatoms. The summed E-state index contributed by atoms with van der Waals surface area (Å²) in [7, 11) is 1.98. The van der Waals surface area contributed by atoms with E-state index in [0.717, 1.165) is 6.54 Å². The number of nitrogens with one attached hydrogen (secondary N) is 1. The van der Waals surface area contributed by atoms with E-state index in [1.165, 1.54) is 43.0 Å². The van der Waals surface area contributed by atoms with Gasteiger partial charge in [-0.3, -0.25) is 4.68 Å². The third-order valence-electron chi connectivity index (χ3n) is 3.73. The molecule has 0 radical (unpaired) electrons. The Hall–Kier alpha value is -1.97. The van der Waals surface area contributed by atoms with E-state index in [2.05, 4.69) is 39.6 Å². The van der Waals surface area contributed by atoms with Crippen LogP contribution < -0.4 is 10.2 Å². The van der Waals surface area contributed by atoms with E-state index in [9.17, 15) is 0 Å². The number of aromatic nitrogens is 2. The highest BCUT2D eigenvalue weighted by atomic mass is 15.3. The van der Waals surface area contributed by atoms with E-state index in [1.807, 2.05) is 24.0 Å². The van der Waals surface area contributed by atoms with Gasteiger partial charge >= 0.3 is 0 Å². The van der Waals surface area contributed by atoms with Gasteiger partial charge in [-0.25, -0.2) is 0 Å². The van der Waals surface area contributed by atoms with Crippen molar-refractivity contribution < 1.29 is 0 Å². The molecule has 1 saturated heterocycles. The maximum atomic E-state index is 4.20. The predicted octanol–water partition coefficient (Wildman–Crippen LogP) is 2.63. The molecule has 1 aliphatic rings. The monoisotopic (exact) mass is 256 g/mol. The molecule has 2 aromatic rings. The highest BCUT2D eigenvalue weighted by Crippen LogP contribution is 2.28. The molecule has 3 rings (SSSR count). The first kappa shape index (κ1) is 12.1. The highest BCUT2D eigenvalue weighted by molar-refractivity contribution is 5.70. The minimum atomic E-state index is 0.807. The van der Waals surface area contributed by atoms with E-state index in [4.69, 9.17) is 0 Å². The minimum Gasteiger partial charge on any atom is -0.378 e. The Balaban J connectivity index is 1.75. The van der Waals surface area contributed by atoms with Crippen LogP contribution in [0.25, 0.3) is 0 Å². The fourth-order valence-electron chi connectivity index (χ4n) is 2.62. The zero-order chi connectivity index (χ0) is 13.1. The van der Waals surface area contributed by atoms with Gasteiger partial charge in [0.15, 0.2) is 0 Å². The minimum absolute atomic E-state index is 0.807. The molecule has 1 fully saturated rings. The van der Waals surface area contributed by atoms with Gasteiger partial charge in [0, 0.05) is 26.3 Å². The maximum absolute atomic E-state index is 4.20. The fourth-order valence-corrected chi connectivity index (χ4v) is 2.62. The molecule has 0 spiro atoms. The number of aryl methyl sites for hydroxylation is 1. The van der Waals surface area contributed by atoms with Crippen molar-refractivity contribution in [3.8, 4) is 0 Å². The van der Waals surface area contributed by atoms with Crippen LogP contribution in [0.15, 0.2) is 36.5 Å². The first-order valence-corrected chi connectivity index (χ1v) is 6.89. The molecule has 0 bridgehead atoms. The molecule has 0 aliphatic carbocycles. The van der Waals surface area contributed by atoms with E-state index in [1.54, 1.807) is 0 Å². The van der Waals surface area contributed by atoms with Crippen molar-refractivity contribution in [1.29, 1.82) is 0 Å². The highest BCUT2D eigenvalue weighted by Gasteiger charge is 2.15. The Kier molecular flexibility index (Phi) is 3.40. The lowest BCUT2D eigenvalue weighted by molar-refractivity contribution is 0.720. The zero-order valence-corrected chi connectivity index (χ0v) is 11.3. The second kappa shape index (κ2) is 5.34. The van der Waals surface area contributed by atoms with Gasteiger partial charge in [0.1, 0.15) is 0 Å². The van der Waals surface area contributed by atoms with Crippen molar-refractivity contribution in [1.82, 2.24) is 9.78 Å². The predicted molar refractivity (Wildman–Crippen MR) is 78.4 cm³/mol. The molecular weight excluding hydrogens is 236 g/mol. The zero-order valence-electron chi connectivity index (χ0n) is 11.3. The summed E-state index contributed by atoms with van der Waals surface area (Å²) in [5.41, 5.74) is 3.73. The van der Waals surface area contributed by atoms with E-state index >= 15 is 0 Å². The summed E-state index contributed by atoms with van der Waals surface area (Å²) in [5.74, 6) is 0. The standard InChI is InChI=1S/C15H20N4/c1-18-13(8-9-17-18)12-16-14-6-2-3-7-15(14)19-10-4-5-11-19/h2-3,6-9,16H,4-5,10-12H2,1H3. The first-order valence-electron chi connectivity index (χ1n) is 6.89. The summed E-state index contributed by atoms with van der Waals surface area (Å²) in [6.45, 7) is 3.15. The number of anilines is 2. The second-order valence-electron chi connectivity index (χ2n) is 5.01. The van der Waals surface area contributed by atoms with Crippen LogP contribution in [0.5, 0.6) is 0 Å². The molecular formula is C15H20N4. The molecule has 1 aliphatic heterocycles. The lowest BCUT2D eigenvalue weighted by Gasteiger charge is -2.22. The number of benzene rings is 1. The molecule has 4 nitrogen and oxygen atoms in total. The van der Waals surface area contributed by atoms with Crippen molar-refractivity contribution in [2.45, 2.75) is 19.4 Å². The molecule has 100 valence electrons. The molecule has 0 unspecified atom stereocenters. The van der Waals surface area contributed by atoms with Crippen LogP contribution in [0.3, 0.4) is 0 Å².